The third kappa shape index (κ3) is 6.87. The number of anilines is 1. The lowest BCUT2D eigenvalue weighted by atomic mass is 9.93. The van der Waals surface area contributed by atoms with Crippen LogP contribution in [0.1, 0.15) is 41.6 Å². The number of nitrogens with zero attached hydrogens (tertiary/aromatic N) is 2. The van der Waals surface area contributed by atoms with Crippen LogP contribution < -0.4 is 16.0 Å². The molecule has 0 radical (unpaired) electrons. The molecule has 9 nitrogen and oxygen atoms in total. The van der Waals surface area contributed by atoms with E-state index >= 15 is 4.39 Å². The maximum Gasteiger partial charge on any atom is 0.325 e. The minimum atomic E-state index is -1.57. The van der Waals surface area contributed by atoms with E-state index in [9.17, 15) is 14.4 Å². The maximum atomic E-state index is 15.9. The second-order valence-corrected chi connectivity index (χ2v) is 12.2. The van der Waals surface area contributed by atoms with Gasteiger partial charge in [-0.15, -0.1) is 0 Å². The molecule has 1 saturated heterocycles. The highest BCUT2D eigenvalue weighted by Crippen LogP contribution is 2.37. The molecule has 1 aromatic heterocycles. The van der Waals surface area contributed by atoms with Gasteiger partial charge in [0.15, 0.2) is 5.78 Å². The van der Waals surface area contributed by atoms with Crippen LogP contribution in [0.5, 0.6) is 0 Å². The number of carbonyl (C=O) groups excluding carboxylic acids is 3. The highest BCUT2D eigenvalue weighted by atomic mass is 35.5. The predicted molar refractivity (Wildman–Crippen MR) is 169 cm³/mol. The molecule has 2 heterocycles. The molecule has 1 aliphatic heterocycles. The van der Waals surface area contributed by atoms with Crippen LogP contribution in [0.4, 0.5) is 10.1 Å². The number of piperidine rings is 1. The van der Waals surface area contributed by atoms with Crippen molar-refractivity contribution in [1.82, 2.24) is 9.88 Å². The Morgan fingerprint density at radius 3 is 2.43 bits per heavy atom. The molecular weight excluding hydrogens is 610 g/mol. The first-order valence-electron chi connectivity index (χ1n) is 14.4. The topological polar surface area (TPSA) is 116 Å². The van der Waals surface area contributed by atoms with Crippen LogP contribution in [-0.4, -0.2) is 67.9 Å². The van der Waals surface area contributed by atoms with E-state index in [0.29, 0.717) is 34.3 Å². The van der Waals surface area contributed by atoms with E-state index in [4.69, 9.17) is 33.7 Å². The molecule has 0 unspecified atom stereocenters. The van der Waals surface area contributed by atoms with Crippen molar-refractivity contribution in [2.45, 2.75) is 31.4 Å². The number of ketones is 1. The summed E-state index contributed by atoms with van der Waals surface area (Å²) < 4.78 is 28.2. The lowest BCUT2D eigenvalue weighted by Gasteiger charge is -2.37. The number of nitrogens with two attached hydrogens (primary N) is 1. The monoisotopic (exact) mass is 644 g/mol. The Morgan fingerprint density at radius 2 is 1.80 bits per heavy atom. The molecule has 3 N–H and O–H groups in total. The van der Waals surface area contributed by atoms with Crippen LogP contribution in [0.25, 0.3) is 16.6 Å². The number of nitrogens with one attached hydrogen (secondary N) is 1. The standard InChI is InChI=1S/C32H35Cl2FN4O5/c1-38-16-22(31(42)37-15-27(40)43-2)21-9-8-20(14-26(21)38)39-12-10-32(35,11-13-39)18-44-17-23(30(41)19-6-7-19)29(36)28-24(33)4-3-5-25(28)34/h3-5,8-9,14,16,19H,6-7,10-13,15,17-18,36H2,1-2H3,(H,37,42). The Hall–Kier alpha value is -3.60. The molecule has 0 atom stereocenters. The smallest absolute Gasteiger partial charge is 0.325 e. The summed E-state index contributed by atoms with van der Waals surface area (Å²) in [6.45, 7) is 0.404. The van der Waals surface area contributed by atoms with E-state index in [1.54, 1.807) is 24.4 Å². The minimum absolute atomic E-state index is 0.108. The largest absolute Gasteiger partial charge is 0.468 e. The Bertz CT molecular complexity index is 1610. The van der Waals surface area contributed by atoms with Crippen LogP contribution >= 0.6 is 23.2 Å². The number of esters is 1. The van der Waals surface area contributed by atoms with Crippen LogP contribution in [0, 0.1) is 5.92 Å². The molecule has 0 bridgehead atoms. The SMILES string of the molecule is COC(=O)CNC(=O)c1cn(C)c2cc(N3CCC(F)(COCC(C(=O)C4CC4)=C(N)c4c(Cl)cccc4Cl)CC3)ccc12. The molecule has 0 spiro atoms. The van der Waals surface area contributed by atoms with Crippen molar-refractivity contribution in [2.75, 3.05) is 44.9 Å². The van der Waals surface area contributed by atoms with Gasteiger partial charge in [0.1, 0.15) is 12.2 Å². The van der Waals surface area contributed by atoms with Gasteiger partial charge in [-0.3, -0.25) is 14.4 Å². The first-order chi connectivity index (χ1) is 21.0. The van der Waals surface area contributed by atoms with Crippen LogP contribution in [0.2, 0.25) is 10.0 Å². The summed E-state index contributed by atoms with van der Waals surface area (Å²) >= 11 is 12.7. The number of alkyl halides is 1. The summed E-state index contributed by atoms with van der Waals surface area (Å²) in [5.74, 6) is -1.12. The highest BCUT2D eigenvalue weighted by molar-refractivity contribution is 6.37. The first kappa shape index (κ1) is 31.8. The molecule has 5 rings (SSSR count). The number of carbonyl (C=O) groups is 3. The molecule has 2 aromatic carbocycles. The second kappa shape index (κ2) is 13.2. The number of fused-ring (bicyclic) bond motifs is 1. The van der Waals surface area contributed by atoms with Crippen LogP contribution in [-0.2, 0) is 26.1 Å². The van der Waals surface area contributed by atoms with Crippen molar-refractivity contribution in [1.29, 1.82) is 0 Å². The van der Waals surface area contributed by atoms with Crippen LogP contribution in [0.3, 0.4) is 0 Å². The molecule has 234 valence electrons. The fourth-order valence-corrected chi connectivity index (χ4v) is 6.10. The molecule has 1 amide bonds. The number of amides is 1. The van der Waals surface area contributed by atoms with Crippen molar-refractivity contribution in [3.63, 3.8) is 0 Å². The van der Waals surface area contributed by atoms with Gasteiger partial charge in [-0.05, 0) is 43.2 Å². The third-order valence-electron chi connectivity index (χ3n) is 8.27. The van der Waals surface area contributed by atoms with Crippen LogP contribution in [0.15, 0.2) is 48.2 Å². The molecule has 1 saturated carbocycles. The number of aryl methyl sites for hydroxylation is 1. The number of halogens is 3. The van der Waals surface area contributed by atoms with E-state index in [2.05, 4.69) is 15.0 Å². The molecule has 1 aliphatic carbocycles. The van der Waals surface area contributed by atoms with Gasteiger partial charge >= 0.3 is 5.97 Å². The summed E-state index contributed by atoms with van der Waals surface area (Å²) in [6, 6.07) is 10.7. The Kier molecular flexibility index (Phi) is 9.53. The summed E-state index contributed by atoms with van der Waals surface area (Å²) in [5, 5.41) is 3.97. The van der Waals surface area contributed by atoms with Crippen molar-refractivity contribution in [3.05, 3.63) is 69.3 Å². The molecule has 2 aliphatic rings. The molecule has 3 aromatic rings. The van der Waals surface area contributed by atoms with Crippen molar-refractivity contribution in [3.8, 4) is 0 Å². The van der Waals surface area contributed by atoms with E-state index in [1.165, 1.54) is 7.11 Å². The third-order valence-corrected chi connectivity index (χ3v) is 8.90. The van der Waals surface area contributed by atoms with E-state index in [-0.39, 0.29) is 61.5 Å². The lowest BCUT2D eigenvalue weighted by Crippen LogP contribution is -2.44. The van der Waals surface area contributed by atoms with Crippen molar-refractivity contribution >= 4 is 63.1 Å². The van der Waals surface area contributed by atoms with E-state index in [1.807, 2.05) is 29.8 Å². The summed E-state index contributed by atoms with van der Waals surface area (Å²) in [4.78, 5) is 39.3. The quantitative estimate of drug-likeness (QED) is 0.221. The fourth-order valence-electron chi connectivity index (χ4n) is 5.50. The first-order valence-corrected chi connectivity index (χ1v) is 15.2. The number of aromatic nitrogens is 1. The zero-order valence-electron chi connectivity index (χ0n) is 24.6. The van der Waals surface area contributed by atoms with Crippen molar-refractivity contribution in [2.24, 2.45) is 18.7 Å². The van der Waals surface area contributed by atoms with Gasteiger partial charge in [0.25, 0.3) is 5.91 Å². The van der Waals surface area contributed by atoms with Gasteiger partial charge < -0.3 is 30.0 Å². The normalized spacial score (nSPS) is 16.9. The number of hydrogen-bond donors (Lipinski definition) is 2. The average molecular weight is 646 g/mol. The van der Waals surface area contributed by atoms with Gasteiger partial charge in [0.2, 0.25) is 0 Å². The van der Waals surface area contributed by atoms with E-state index < -0.39 is 11.6 Å². The molecular formula is C32H35Cl2FN4O5. The Labute approximate surface area is 265 Å². The number of hydrogen-bond acceptors (Lipinski definition) is 7. The average Bonchev–Trinajstić information content (AvgIpc) is 3.81. The molecule has 44 heavy (non-hydrogen) atoms. The Balaban J connectivity index is 1.22. The minimum Gasteiger partial charge on any atom is -0.468 e. The number of methoxy groups -OCH3 is 1. The Morgan fingerprint density at radius 1 is 1.11 bits per heavy atom. The second-order valence-electron chi connectivity index (χ2n) is 11.4. The number of rotatable bonds is 11. The van der Waals surface area contributed by atoms with Gasteiger partial charge in [-0.25, -0.2) is 4.39 Å². The molecule has 2 fully saturated rings. The number of ether oxygens (including phenoxy) is 2. The molecule has 12 heteroatoms. The van der Waals surface area contributed by atoms with Gasteiger partial charge in [0, 0.05) is 67.3 Å². The zero-order valence-corrected chi connectivity index (χ0v) is 26.1. The van der Waals surface area contributed by atoms with Gasteiger partial charge in [-0.1, -0.05) is 29.3 Å². The van der Waals surface area contributed by atoms with Gasteiger partial charge in [-0.2, -0.15) is 0 Å². The zero-order chi connectivity index (χ0) is 31.6. The number of benzene rings is 2. The summed E-state index contributed by atoms with van der Waals surface area (Å²) in [6.07, 6.45) is 3.76. The maximum absolute atomic E-state index is 15.9. The highest BCUT2D eigenvalue weighted by Gasteiger charge is 2.37. The predicted octanol–water partition coefficient (Wildman–Crippen LogP) is 5.06. The van der Waals surface area contributed by atoms with Gasteiger partial charge in [0.05, 0.1) is 47.1 Å². The van der Waals surface area contributed by atoms with Crippen molar-refractivity contribution < 1.29 is 28.2 Å². The number of Topliss-reactive ketones (excluding diaryl/α,β-unsaturated/α-hetero) is 1. The summed E-state index contributed by atoms with van der Waals surface area (Å²) in [7, 11) is 3.10. The summed E-state index contributed by atoms with van der Waals surface area (Å²) in [5.41, 5.74) is 7.86. The lowest BCUT2D eigenvalue weighted by molar-refractivity contribution is -0.139. The fraction of sp³-hybridized carbons (Fsp3) is 0.406. The van der Waals surface area contributed by atoms with E-state index in [0.717, 1.165) is 29.4 Å².